The van der Waals surface area contributed by atoms with Crippen LogP contribution in [0.4, 0.5) is 0 Å². The average molecular weight is 154 g/mol. The number of β-amino-alcohol motifs (C(OH)–C–C–N with tert-alkyl or cyclic N) is 1. The number of nitriles is 1. The highest BCUT2D eigenvalue weighted by atomic mass is 16.3. The molecule has 0 saturated carbocycles. The fraction of sp³-hybridized carbons (Fsp3) is 0.875. The second-order valence-corrected chi connectivity index (χ2v) is 3.46. The molecule has 1 atom stereocenters. The Bertz CT molecular complexity index is 175. The molecule has 1 saturated heterocycles. The van der Waals surface area contributed by atoms with Crippen molar-refractivity contribution in [3.63, 3.8) is 0 Å². The van der Waals surface area contributed by atoms with Gasteiger partial charge in [-0.1, -0.05) is 6.92 Å². The zero-order valence-corrected chi connectivity index (χ0v) is 7.04. The summed E-state index contributed by atoms with van der Waals surface area (Å²) in [6, 6.07) is 2.20. The monoisotopic (exact) mass is 154 g/mol. The van der Waals surface area contributed by atoms with Gasteiger partial charge in [0.2, 0.25) is 0 Å². The van der Waals surface area contributed by atoms with Crippen molar-refractivity contribution >= 4 is 0 Å². The van der Waals surface area contributed by atoms with Gasteiger partial charge in [-0.3, -0.25) is 4.90 Å². The van der Waals surface area contributed by atoms with Crippen molar-refractivity contribution in [2.24, 2.45) is 0 Å². The molecule has 1 aliphatic rings. The predicted octanol–water partition coefficient (Wildman–Crippen LogP) is 0.355. The molecule has 1 N–H and O–H groups in total. The van der Waals surface area contributed by atoms with Crippen LogP contribution >= 0.6 is 0 Å². The minimum absolute atomic E-state index is 0.00442. The SMILES string of the molecule is CCC(C#N)N1CC(C)(O)C1. The zero-order chi connectivity index (χ0) is 8.48. The summed E-state index contributed by atoms with van der Waals surface area (Å²) in [4.78, 5) is 2.00. The van der Waals surface area contributed by atoms with Crippen LogP contribution in [0.3, 0.4) is 0 Å². The largest absolute Gasteiger partial charge is 0.388 e. The Morgan fingerprint density at radius 1 is 1.73 bits per heavy atom. The molecule has 3 heteroatoms. The lowest BCUT2D eigenvalue weighted by atomic mass is 9.94. The maximum absolute atomic E-state index is 9.37. The molecule has 3 nitrogen and oxygen atoms in total. The first-order chi connectivity index (χ1) is 5.09. The number of hydrogen-bond acceptors (Lipinski definition) is 3. The Morgan fingerprint density at radius 3 is 2.55 bits per heavy atom. The van der Waals surface area contributed by atoms with E-state index >= 15 is 0 Å². The highest BCUT2D eigenvalue weighted by Crippen LogP contribution is 2.22. The van der Waals surface area contributed by atoms with Gasteiger partial charge in [0.25, 0.3) is 0 Å². The molecule has 0 aromatic carbocycles. The van der Waals surface area contributed by atoms with E-state index < -0.39 is 5.60 Å². The van der Waals surface area contributed by atoms with Crippen LogP contribution in [-0.4, -0.2) is 34.7 Å². The van der Waals surface area contributed by atoms with Crippen LogP contribution in [0.2, 0.25) is 0 Å². The van der Waals surface area contributed by atoms with E-state index in [2.05, 4.69) is 6.07 Å². The summed E-state index contributed by atoms with van der Waals surface area (Å²) in [6.45, 7) is 5.06. The van der Waals surface area contributed by atoms with Crippen molar-refractivity contribution < 1.29 is 5.11 Å². The topological polar surface area (TPSA) is 47.3 Å². The third-order valence-electron chi connectivity index (χ3n) is 2.06. The van der Waals surface area contributed by atoms with Crippen LogP contribution in [-0.2, 0) is 0 Å². The number of hydrogen-bond donors (Lipinski definition) is 1. The van der Waals surface area contributed by atoms with Gasteiger partial charge in [-0.2, -0.15) is 5.26 Å². The second kappa shape index (κ2) is 2.80. The zero-order valence-electron chi connectivity index (χ0n) is 7.04. The quantitative estimate of drug-likeness (QED) is 0.624. The lowest BCUT2D eigenvalue weighted by Gasteiger charge is -2.46. The Hall–Kier alpha value is -0.590. The smallest absolute Gasteiger partial charge is 0.0977 e. The summed E-state index contributed by atoms with van der Waals surface area (Å²) in [5, 5.41) is 18.0. The molecule has 0 aliphatic carbocycles. The average Bonchev–Trinajstić information content (AvgIpc) is 1.86. The first-order valence-corrected chi connectivity index (χ1v) is 3.95. The van der Waals surface area contributed by atoms with Gasteiger partial charge >= 0.3 is 0 Å². The highest BCUT2D eigenvalue weighted by Gasteiger charge is 2.39. The van der Waals surface area contributed by atoms with Crippen molar-refractivity contribution in [2.45, 2.75) is 31.9 Å². The molecular weight excluding hydrogens is 140 g/mol. The van der Waals surface area contributed by atoms with Gasteiger partial charge in [-0.05, 0) is 13.3 Å². The molecule has 0 aromatic rings. The van der Waals surface area contributed by atoms with Gasteiger partial charge < -0.3 is 5.11 Å². The summed E-state index contributed by atoms with van der Waals surface area (Å²) < 4.78 is 0. The van der Waals surface area contributed by atoms with Gasteiger partial charge in [-0.25, -0.2) is 0 Å². The van der Waals surface area contributed by atoms with E-state index in [0.717, 1.165) is 6.42 Å². The van der Waals surface area contributed by atoms with Crippen molar-refractivity contribution in [3.8, 4) is 6.07 Å². The third-order valence-corrected chi connectivity index (χ3v) is 2.06. The minimum atomic E-state index is -0.551. The van der Waals surface area contributed by atoms with Gasteiger partial charge in [0.05, 0.1) is 17.7 Å². The van der Waals surface area contributed by atoms with Crippen LogP contribution in [0.5, 0.6) is 0 Å². The summed E-state index contributed by atoms with van der Waals surface area (Å²) in [7, 11) is 0. The number of rotatable bonds is 2. The molecule has 11 heavy (non-hydrogen) atoms. The Kier molecular flexibility index (Phi) is 2.17. The summed E-state index contributed by atoms with van der Waals surface area (Å²) in [5.41, 5.74) is -0.551. The minimum Gasteiger partial charge on any atom is -0.388 e. The molecule has 0 amide bonds. The fourth-order valence-electron chi connectivity index (χ4n) is 1.48. The third kappa shape index (κ3) is 1.70. The number of aliphatic hydroxyl groups is 1. The molecule has 1 fully saturated rings. The Balaban J connectivity index is 2.37. The van der Waals surface area contributed by atoms with E-state index in [1.165, 1.54) is 0 Å². The van der Waals surface area contributed by atoms with E-state index in [0.29, 0.717) is 13.1 Å². The van der Waals surface area contributed by atoms with Crippen molar-refractivity contribution in [3.05, 3.63) is 0 Å². The van der Waals surface area contributed by atoms with Gasteiger partial charge in [0.15, 0.2) is 0 Å². The van der Waals surface area contributed by atoms with E-state index in [1.807, 2.05) is 11.8 Å². The summed E-state index contributed by atoms with van der Waals surface area (Å²) in [6.07, 6.45) is 0.840. The first kappa shape index (κ1) is 8.51. The molecule has 0 aromatic heterocycles. The lowest BCUT2D eigenvalue weighted by Crippen LogP contribution is -2.62. The molecule has 1 rings (SSSR count). The first-order valence-electron chi connectivity index (χ1n) is 3.95. The molecule has 0 radical (unpaired) electrons. The van der Waals surface area contributed by atoms with E-state index in [4.69, 9.17) is 5.26 Å². The molecule has 0 spiro atoms. The van der Waals surface area contributed by atoms with Gasteiger partial charge in [-0.15, -0.1) is 0 Å². The van der Waals surface area contributed by atoms with Crippen LogP contribution < -0.4 is 0 Å². The van der Waals surface area contributed by atoms with E-state index in [1.54, 1.807) is 6.92 Å². The molecule has 62 valence electrons. The maximum atomic E-state index is 9.37. The van der Waals surface area contributed by atoms with Crippen molar-refractivity contribution in [2.75, 3.05) is 13.1 Å². The summed E-state index contributed by atoms with van der Waals surface area (Å²) >= 11 is 0. The molecular formula is C8H14N2O. The van der Waals surface area contributed by atoms with E-state index in [-0.39, 0.29) is 6.04 Å². The number of likely N-dealkylation sites (tertiary alicyclic amines) is 1. The molecule has 1 aliphatic heterocycles. The Morgan fingerprint density at radius 2 is 2.27 bits per heavy atom. The Labute approximate surface area is 67.2 Å². The fourth-order valence-corrected chi connectivity index (χ4v) is 1.48. The van der Waals surface area contributed by atoms with Gasteiger partial charge in [0.1, 0.15) is 0 Å². The van der Waals surface area contributed by atoms with Crippen LogP contribution in [0.1, 0.15) is 20.3 Å². The van der Waals surface area contributed by atoms with Crippen molar-refractivity contribution in [1.29, 1.82) is 5.26 Å². The summed E-state index contributed by atoms with van der Waals surface area (Å²) in [5.74, 6) is 0. The second-order valence-electron chi connectivity index (χ2n) is 3.46. The van der Waals surface area contributed by atoms with Crippen molar-refractivity contribution in [1.82, 2.24) is 4.90 Å². The standard InChI is InChI=1S/C8H14N2O/c1-3-7(4-9)10-5-8(2,11)6-10/h7,11H,3,5-6H2,1-2H3. The van der Waals surface area contributed by atoms with Crippen LogP contribution in [0.15, 0.2) is 0 Å². The number of nitrogens with zero attached hydrogens (tertiary/aromatic N) is 2. The normalized spacial score (nSPS) is 25.3. The van der Waals surface area contributed by atoms with E-state index in [9.17, 15) is 5.11 Å². The molecule has 1 heterocycles. The molecule has 1 unspecified atom stereocenters. The molecule has 0 bridgehead atoms. The predicted molar refractivity (Wildman–Crippen MR) is 41.9 cm³/mol. The van der Waals surface area contributed by atoms with Crippen LogP contribution in [0, 0.1) is 11.3 Å². The highest BCUT2D eigenvalue weighted by molar-refractivity contribution is 5.01. The van der Waals surface area contributed by atoms with Gasteiger partial charge in [0, 0.05) is 13.1 Å². The maximum Gasteiger partial charge on any atom is 0.0977 e. The lowest BCUT2D eigenvalue weighted by molar-refractivity contribution is -0.0936. The van der Waals surface area contributed by atoms with Crippen LogP contribution in [0.25, 0.3) is 0 Å².